The van der Waals surface area contributed by atoms with E-state index in [9.17, 15) is 22.4 Å². The summed E-state index contributed by atoms with van der Waals surface area (Å²) in [7, 11) is 1.77. The van der Waals surface area contributed by atoms with Gasteiger partial charge in [-0.15, -0.1) is 13.2 Å². The predicted octanol–water partition coefficient (Wildman–Crippen LogP) is 2.91. The predicted molar refractivity (Wildman–Crippen MR) is 111 cm³/mol. The topological polar surface area (TPSA) is 115 Å². The van der Waals surface area contributed by atoms with Gasteiger partial charge in [-0.2, -0.15) is 4.98 Å². The van der Waals surface area contributed by atoms with Gasteiger partial charge in [0.05, 0.1) is 5.69 Å². The number of carbonyl (C=O) groups excluding carboxylic acids is 1. The summed E-state index contributed by atoms with van der Waals surface area (Å²) in [5.41, 5.74) is 6.18. The highest BCUT2D eigenvalue weighted by atomic mass is 19.4. The van der Waals surface area contributed by atoms with Gasteiger partial charge in [0.15, 0.2) is 23.1 Å². The van der Waals surface area contributed by atoms with Crippen molar-refractivity contribution in [1.29, 1.82) is 0 Å². The van der Waals surface area contributed by atoms with Crippen LogP contribution in [0.3, 0.4) is 0 Å². The first-order chi connectivity index (χ1) is 15.3. The van der Waals surface area contributed by atoms with Crippen LogP contribution in [0.25, 0.3) is 0 Å². The molecule has 1 aliphatic carbocycles. The molecule has 4 rings (SSSR count). The van der Waals surface area contributed by atoms with Crippen LogP contribution in [0.1, 0.15) is 25.5 Å². The van der Waals surface area contributed by atoms with E-state index in [-0.39, 0.29) is 23.7 Å². The summed E-state index contributed by atoms with van der Waals surface area (Å²) >= 11 is 0. The first-order valence-corrected chi connectivity index (χ1v) is 10.1. The van der Waals surface area contributed by atoms with Gasteiger partial charge in [-0.1, -0.05) is 0 Å². The fourth-order valence-electron chi connectivity index (χ4n) is 3.74. The number of fused-ring (bicyclic) bond motifs is 1. The second-order valence-electron chi connectivity index (χ2n) is 8.16. The van der Waals surface area contributed by atoms with Crippen molar-refractivity contribution in [3.05, 3.63) is 29.7 Å². The summed E-state index contributed by atoms with van der Waals surface area (Å²) in [5.74, 6) is -1.39. The number of anilines is 3. The number of benzene rings is 1. The lowest BCUT2D eigenvalue weighted by Crippen LogP contribution is -2.61. The van der Waals surface area contributed by atoms with Crippen LogP contribution in [0.15, 0.2) is 18.2 Å². The Labute approximate surface area is 186 Å². The number of likely N-dealkylation sites (N-methyl/N-ethyl adjacent to an activating group) is 1. The molecule has 1 fully saturated rings. The van der Waals surface area contributed by atoms with Crippen LogP contribution in [0.4, 0.5) is 35.0 Å². The summed E-state index contributed by atoms with van der Waals surface area (Å²) in [5, 5.41) is 5.97. The Morgan fingerprint density at radius 2 is 2.00 bits per heavy atom. The number of nitrogens with zero attached hydrogens (tertiary/aromatic N) is 3. The molecule has 1 aliphatic heterocycles. The van der Waals surface area contributed by atoms with E-state index in [0.29, 0.717) is 36.0 Å². The summed E-state index contributed by atoms with van der Waals surface area (Å²) in [6.07, 6.45) is -4.36. The number of alkyl halides is 3. The molecule has 1 amide bonds. The second kappa shape index (κ2) is 7.90. The molecule has 1 atom stereocenters. The van der Waals surface area contributed by atoms with Gasteiger partial charge in [-0.05, 0) is 26.0 Å². The summed E-state index contributed by atoms with van der Waals surface area (Å²) < 4.78 is 59.9. The summed E-state index contributed by atoms with van der Waals surface area (Å²) in [6, 6.07) is 2.24. The van der Waals surface area contributed by atoms with Gasteiger partial charge in [0, 0.05) is 32.0 Å². The molecular weight excluding hydrogens is 448 g/mol. The van der Waals surface area contributed by atoms with Crippen LogP contribution in [-0.4, -0.2) is 47.1 Å². The molecule has 0 spiro atoms. The van der Waals surface area contributed by atoms with E-state index in [2.05, 4.69) is 25.3 Å². The SMILES string of the molecule is Cc1nc(NC2CC(N)(Oc3ccc(OC(F)(F)F)c(F)c3)C2)nc2c1NC(=O)[C@H](C)N2C. The van der Waals surface area contributed by atoms with Crippen LogP contribution < -0.4 is 30.7 Å². The highest BCUT2D eigenvalue weighted by Crippen LogP contribution is 2.37. The number of halogens is 4. The average Bonchev–Trinajstić information content (AvgIpc) is 2.67. The molecule has 4 N–H and O–H groups in total. The molecule has 2 aromatic rings. The Morgan fingerprint density at radius 1 is 1.30 bits per heavy atom. The maximum absolute atomic E-state index is 13.9. The Kier molecular flexibility index (Phi) is 5.47. The number of amides is 1. The van der Waals surface area contributed by atoms with Crippen molar-refractivity contribution in [3.8, 4) is 11.5 Å². The molecule has 0 unspecified atom stereocenters. The third kappa shape index (κ3) is 4.72. The van der Waals surface area contributed by atoms with E-state index in [4.69, 9.17) is 10.5 Å². The van der Waals surface area contributed by atoms with Gasteiger partial charge in [-0.3, -0.25) is 10.5 Å². The maximum Gasteiger partial charge on any atom is 0.573 e. The van der Waals surface area contributed by atoms with Crippen molar-refractivity contribution < 1.29 is 31.8 Å². The minimum atomic E-state index is -5.00. The molecule has 0 radical (unpaired) electrons. The third-order valence-corrected chi connectivity index (χ3v) is 5.58. The normalized spacial score (nSPS) is 24.5. The second-order valence-corrected chi connectivity index (χ2v) is 8.16. The smallest absolute Gasteiger partial charge is 0.473 e. The van der Waals surface area contributed by atoms with Gasteiger partial charge in [-0.25, -0.2) is 9.37 Å². The lowest BCUT2D eigenvalue weighted by atomic mass is 9.83. The number of ether oxygens (including phenoxy) is 2. The van der Waals surface area contributed by atoms with Gasteiger partial charge in [0.25, 0.3) is 0 Å². The van der Waals surface area contributed by atoms with Crippen molar-refractivity contribution in [2.75, 3.05) is 22.6 Å². The molecule has 9 nitrogen and oxygen atoms in total. The largest absolute Gasteiger partial charge is 0.573 e. The van der Waals surface area contributed by atoms with Gasteiger partial charge in [0.1, 0.15) is 17.5 Å². The standard InChI is InChI=1S/C20H22F4N6O3/c1-9-15-16(30(3)10(2)17(31)28-15)29-18(26-9)27-11-7-19(25,8-11)32-12-4-5-14(13(21)6-12)33-20(22,23)24/h4-6,10-11H,7-8,25H2,1-3H3,(H,28,31)(H,26,27,29)/t10-,11?,19?/m0/s1. The van der Waals surface area contributed by atoms with Crippen molar-refractivity contribution in [2.45, 2.75) is 50.9 Å². The minimum Gasteiger partial charge on any atom is -0.473 e. The fourth-order valence-corrected chi connectivity index (χ4v) is 3.74. The zero-order valence-electron chi connectivity index (χ0n) is 18.0. The molecular formula is C20H22F4N6O3. The zero-order valence-corrected chi connectivity index (χ0v) is 18.0. The van der Waals surface area contributed by atoms with Gasteiger partial charge >= 0.3 is 6.36 Å². The average molecular weight is 470 g/mol. The number of rotatable bonds is 5. The van der Waals surface area contributed by atoms with Crippen molar-refractivity contribution in [2.24, 2.45) is 5.73 Å². The van der Waals surface area contributed by atoms with Gasteiger partial charge < -0.3 is 25.0 Å². The highest BCUT2D eigenvalue weighted by Gasteiger charge is 2.44. The Bertz CT molecular complexity index is 1090. The molecule has 1 saturated carbocycles. The molecule has 0 saturated heterocycles. The molecule has 1 aromatic heterocycles. The van der Waals surface area contributed by atoms with Crippen LogP contribution in [0, 0.1) is 12.7 Å². The number of carbonyl (C=O) groups is 1. The lowest BCUT2D eigenvalue weighted by molar-refractivity contribution is -0.275. The van der Waals surface area contributed by atoms with Crippen LogP contribution in [-0.2, 0) is 4.79 Å². The number of hydrogen-bond donors (Lipinski definition) is 3. The minimum absolute atomic E-state index is 0.0183. The van der Waals surface area contributed by atoms with E-state index in [1.54, 1.807) is 25.8 Å². The summed E-state index contributed by atoms with van der Waals surface area (Å²) in [4.78, 5) is 22.7. The Balaban J connectivity index is 1.39. The van der Waals surface area contributed by atoms with Crippen molar-refractivity contribution in [1.82, 2.24) is 9.97 Å². The highest BCUT2D eigenvalue weighted by molar-refractivity contribution is 6.03. The first kappa shape index (κ1) is 22.8. The summed E-state index contributed by atoms with van der Waals surface area (Å²) in [6.45, 7) is 3.52. The third-order valence-electron chi connectivity index (χ3n) is 5.58. The molecule has 0 bridgehead atoms. The molecule has 2 aliphatic rings. The van der Waals surface area contributed by atoms with Crippen LogP contribution in [0.5, 0.6) is 11.5 Å². The van der Waals surface area contributed by atoms with Crippen LogP contribution in [0.2, 0.25) is 0 Å². The lowest BCUT2D eigenvalue weighted by Gasteiger charge is -2.44. The van der Waals surface area contributed by atoms with E-state index in [1.165, 1.54) is 0 Å². The van der Waals surface area contributed by atoms with Crippen molar-refractivity contribution in [3.63, 3.8) is 0 Å². The first-order valence-electron chi connectivity index (χ1n) is 10.1. The Morgan fingerprint density at radius 3 is 2.64 bits per heavy atom. The van der Waals surface area contributed by atoms with Gasteiger partial charge in [0.2, 0.25) is 11.9 Å². The van der Waals surface area contributed by atoms with Crippen LogP contribution >= 0.6 is 0 Å². The van der Waals surface area contributed by atoms with E-state index >= 15 is 0 Å². The molecule has 33 heavy (non-hydrogen) atoms. The van der Waals surface area contributed by atoms with E-state index < -0.39 is 23.7 Å². The zero-order chi connectivity index (χ0) is 24.1. The fraction of sp³-hybridized carbons (Fsp3) is 0.450. The van der Waals surface area contributed by atoms with Crippen molar-refractivity contribution >= 4 is 23.4 Å². The quantitative estimate of drug-likeness (QED) is 0.452. The molecule has 178 valence electrons. The van der Waals surface area contributed by atoms with E-state index in [1.807, 2.05) is 0 Å². The number of aromatic nitrogens is 2. The number of nitrogens with two attached hydrogens (primary N) is 1. The molecule has 1 aromatic carbocycles. The molecule has 13 heteroatoms. The maximum atomic E-state index is 13.9. The monoisotopic (exact) mass is 470 g/mol. The molecule has 2 heterocycles. The number of hydrogen-bond acceptors (Lipinski definition) is 8. The Hall–Kier alpha value is -3.35. The van der Waals surface area contributed by atoms with E-state index in [0.717, 1.165) is 18.2 Å². The number of nitrogens with one attached hydrogen (secondary N) is 2. The number of aryl methyl sites for hydroxylation is 1.